The zero-order chi connectivity index (χ0) is 9.14. The van der Waals surface area contributed by atoms with Gasteiger partial charge in [-0.2, -0.15) is 0 Å². The molecule has 1 heterocycles. The molecule has 1 aromatic rings. The molecular formula is C9H10N2O. The molecular weight excluding hydrogens is 152 g/mol. The van der Waals surface area contributed by atoms with Crippen LogP contribution >= 0.6 is 0 Å². The van der Waals surface area contributed by atoms with Crippen molar-refractivity contribution in [2.24, 2.45) is 7.05 Å². The lowest BCUT2D eigenvalue weighted by atomic mass is 10.2. The Morgan fingerprint density at radius 2 is 2.42 bits per heavy atom. The van der Waals surface area contributed by atoms with Gasteiger partial charge in [0.15, 0.2) is 0 Å². The molecule has 0 aromatic carbocycles. The van der Waals surface area contributed by atoms with Crippen molar-refractivity contribution in [1.82, 2.24) is 9.55 Å². The van der Waals surface area contributed by atoms with Crippen LogP contribution in [0.15, 0.2) is 23.4 Å². The third-order valence-electron chi connectivity index (χ3n) is 1.63. The molecule has 12 heavy (non-hydrogen) atoms. The van der Waals surface area contributed by atoms with Crippen molar-refractivity contribution >= 4 is 6.08 Å². The minimum atomic E-state index is -0.0356. The Morgan fingerprint density at radius 1 is 1.75 bits per heavy atom. The zero-order valence-corrected chi connectivity index (χ0v) is 7.16. The number of aromatic nitrogens is 2. The van der Waals surface area contributed by atoms with Crippen LogP contribution < -0.4 is 5.56 Å². The van der Waals surface area contributed by atoms with Gasteiger partial charge < -0.3 is 4.57 Å². The third-order valence-corrected chi connectivity index (χ3v) is 1.63. The first-order valence-electron chi connectivity index (χ1n) is 3.55. The van der Waals surface area contributed by atoms with E-state index in [9.17, 15) is 4.79 Å². The van der Waals surface area contributed by atoms with Gasteiger partial charge in [-0.3, -0.25) is 4.79 Å². The predicted octanol–water partition coefficient (Wildman–Crippen LogP) is 0.887. The molecule has 0 N–H and O–H groups in total. The smallest absolute Gasteiger partial charge is 0.256 e. The molecule has 0 aliphatic carbocycles. The van der Waals surface area contributed by atoms with E-state index in [-0.39, 0.29) is 5.56 Å². The van der Waals surface area contributed by atoms with Gasteiger partial charge in [-0.25, -0.2) is 4.98 Å². The van der Waals surface area contributed by atoms with Gasteiger partial charge in [-0.05, 0) is 6.92 Å². The van der Waals surface area contributed by atoms with Crippen LogP contribution in [0.3, 0.4) is 0 Å². The van der Waals surface area contributed by atoms with E-state index in [1.807, 2.05) is 0 Å². The van der Waals surface area contributed by atoms with E-state index in [0.717, 1.165) is 0 Å². The maximum absolute atomic E-state index is 11.3. The largest absolute Gasteiger partial charge is 0.302 e. The van der Waals surface area contributed by atoms with Crippen LogP contribution in [-0.4, -0.2) is 9.55 Å². The van der Waals surface area contributed by atoms with Gasteiger partial charge in [-0.15, -0.1) is 5.73 Å². The fourth-order valence-corrected chi connectivity index (χ4v) is 0.914. The lowest BCUT2D eigenvalue weighted by molar-refractivity contribution is 0.808. The lowest BCUT2D eigenvalue weighted by Crippen LogP contribution is -2.20. The van der Waals surface area contributed by atoms with Gasteiger partial charge in [-0.1, -0.05) is 6.58 Å². The molecule has 3 heteroatoms. The quantitative estimate of drug-likeness (QED) is 0.575. The fraction of sp³-hybridized carbons (Fsp3) is 0.222. The molecule has 0 aliphatic rings. The molecule has 3 nitrogen and oxygen atoms in total. The molecule has 0 unspecified atom stereocenters. The molecule has 62 valence electrons. The van der Waals surface area contributed by atoms with Crippen molar-refractivity contribution in [1.29, 1.82) is 0 Å². The molecule has 0 saturated heterocycles. The first kappa shape index (κ1) is 8.50. The summed E-state index contributed by atoms with van der Waals surface area (Å²) >= 11 is 0. The molecule has 0 aliphatic heterocycles. The maximum atomic E-state index is 11.3. The molecule has 1 aromatic heterocycles. The van der Waals surface area contributed by atoms with Crippen LogP contribution in [0.5, 0.6) is 0 Å². The van der Waals surface area contributed by atoms with E-state index >= 15 is 0 Å². The third kappa shape index (κ3) is 1.36. The topological polar surface area (TPSA) is 34.9 Å². The summed E-state index contributed by atoms with van der Waals surface area (Å²) in [6.07, 6.45) is 3.08. The van der Waals surface area contributed by atoms with Crippen molar-refractivity contribution in [3.63, 3.8) is 0 Å². The van der Waals surface area contributed by atoms with Crippen LogP contribution in [0, 0.1) is 6.92 Å². The minimum absolute atomic E-state index is 0.0356. The highest BCUT2D eigenvalue weighted by molar-refractivity contribution is 5.46. The van der Waals surface area contributed by atoms with Gasteiger partial charge in [0.25, 0.3) is 5.56 Å². The summed E-state index contributed by atoms with van der Waals surface area (Å²) in [5.41, 5.74) is 3.80. The molecule has 0 atom stereocenters. The average Bonchev–Trinajstić information content (AvgIpc) is 2.07. The molecule has 0 bridgehead atoms. The normalized spacial score (nSPS) is 9.17. The van der Waals surface area contributed by atoms with E-state index in [4.69, 9.17) is 0 Å². The van der Waals surface area contributed by atoms with Gasteiger partial charge in [0.1, 0.15) is 0 Å². The summed E-state index contributed by atoms with van der Waals surface area (Å²) in [7, 11) is 1.67. The van der Waals surface area contributed by atoms with Crippen LogP contribution in [0.25, 0.3) is 6.08 Å². The van der Waals surface area contributed by atoms with Crippen LogP contribution in [0.4, 0.5) is 0 Å². The molecule has 0 radical (unpaired) electrons. The Balaban J connectivity index is 3.46. The number of aryl methyl sites for hydroxylation is 1. The number of rotatable bonds is 1. The van der Waals surface area contributed by atoms with E-state index in [0.29, 0.717) is 11.3 Å². The highest BCUT2D eigenvalue weighted by atomic mass is 16.1. The summed E-state index contributed by atoms with van der Waals surface area (Å²) in [6.45, 7) is 5.15. The lowest BCUT2D eigenvalue weighted by Gasteiger charge is -1.99. The van der Waals surface area contributed by atoms with Crippen LogP contribution in [-0.2, 0) is 7.05 Å². The van der Waals surface area contributed by atoms with E-state index in [1.54, 1.807) is 20.0 Å². The van der Waals surface area contributed by atoms with Gasteiger partial charge >= 0.3 is 0 Å². The summed E-state index contributed by atoms with van der Waals surface area (Å²) in [4.78, 5) is 15.4. The average molecular weight is 162 g/mol. The molecule has 0 saturated carbocycles. The van der Waals surface area contributed by atoms with Gasteiger partial charge in [0, 0.05) is 18.7 Å². The van der Waals surface area contributed by atoms with Crippen molar-refractivity contribution in [2.45, 2.75) is 6.92 Å². The minimum Gasteiger partial charge on any atom is -0.302 e. The van der Waals surface area contributed by atoms with E-state index < -0.39 is 0 Å². The summed E-state index contributed by atoms with van der Waals surface area (Å²) in [5.74, 6) is 0. The standard InChI is InChI=1S/C9H10N2O/c1-4-5-8-7(2)9(12)11(3)6-10-8/h5-6H,1H2,2-3H3. The zero-order valence-electron chi connectivity index (χ0n) is 7.16. The van der Waals surface area contributed by atoms with E-state index in [1.165, 1.54) is 10.9 Å². The number of nitrogens with zero attached hydrogens (tertiary/aromatic N) is 2. The Labute approximate surface area is 70.7 Å². The summed E-state index contributed by atoms with van der Waals surface area (Å²) in [5, 5.41) is 0. The van der Waals surface area contributed by atoms with Crippen molar-refractivity contribution < 1.29 is 0 Å². The van der Waals surface area contributed by atoms with Crippen molar-refractivity contribution in [3.05, 3.63) is 40.2 Å². The monoisotopic (exact) mass is 162 g/mol. The second-order valence-electron chi connectivity index (χ2n) is 2.52. The Kier molecular flexibility index (Phi) is 2.26. The van der Waals surface area contributed by atoms with Crippen LogP contribution in [0.1, 0.15) is 11.3 Å². The maximum Gasteiger partial charge on any atom is 0.256 e. The first-order valence-corrected chi connectivity index (χ1v) is 3.55. The second-order valence-corrected chi connectivity index (χ2v) is 2.52. The highest BCUT2D eigenvalue weighted by Crippen LogP contribution is 1.98. The highest BCUT2D eigenvalue weighted by Gasteiger charge is 2.00. The second kappa shape index (κ2) is 3.20. The Bertz CT molecular complexity index is 397. The van der Waals surface area contributed by atoms with E-state index in [2.05, 4.69) is 17.3 Å². The van der Waals surface area contributed by atoms with Crippen LogP contribution in [0.2, 0.25) is 0 Å². The Hall–Kier alpha value is -1.60. The number of hydrogen-bond acceptors (Lipinski definition) is 2. The van der Waals surface area contributed by atoms with Crippen molar-refractivity contribution in [3.8, 4) is 0 Å². The first-order chi connectivity index (χ1) is 5.66. The molecule has 0 fully saturated rings. The van der Waals surface area contributed by atoms with Gasteiger partial charge in [0.05, 0.1) is 12.0 Å². The molecule has 1 rings (SSSR count). The Morgan fingerprint density at radius 3 is 3.00 bits per heavy atom. The predicted molar refractivity (Wildman–Crippen MR) is 47.8 cm³/mol. The van der Waals surface area contributed by atoms with Crippen molar-refractivity contribution in [2.75, 3.05) is 0 Å². The molecule has 0 amide bonds. The fourth-order valence-electron chi connectivity index (χ4n) is 0.914. The summed E-state index contributed by atoms with van der Waals surface area (Å²) in [6, 6.07) is 0. The number of hydrogen-bond donors (Lipinski definition) is 0. The SMILES string of the molecule is C=C=Cc1ncn(C)c(=O)c1C. The summed E-state index contributed by atoms with van der Waals surface area (Å²) < 4.78 is 1.44. The molecule has 0 spiro atoms. The van der Waals surface area contributed by atoms with Gasteiger partial charge in [0.2, 0.25) is 0 Å².